The summed E-state index contributed by atoms with van der Waals surface area (Å²) in [5, 5.41) is 0.827. The van der Waals surface area contributed by atoms with E-state index in [0.29, 0.717) is 11.9 Å². The second-order valence-electron chi connectivity index (χ2n) is 7.33. The number of hydrogen-bond acceptors (Lipinski definition) is 4. The molecule has 4 N–H and O–H groups in total. The second-order valence-corrected chi connectivity index (χ2v) is 8.98. The Morgan fingerprint density at radius 3 is 2.88 bits per heavy atom. The number of carbonyl (C=O) groups is 1. The van der Waals surface area contributed by atoms with Crippen molar-refractivity contribution in [3.8, 4) is 0 Å². The highest BCUT2D eigenvalue weighted by molar-refractivity contribution is 7.90. The maximum atomic E-state index is 12.8. The van der Waals surface area contributed by atoms with E-state index in [2.05, 4.69) is 15.8 Å². The van der Waals surface area contributed by atoms with Gasteiger partial charge in [0.2, 0.25) is 0 Å². The van der Waals surface area contributed by atoms with E-state index in [1.165, 1.54) is 6.07 Å². The molecule has 4 rings (SSSR count). The number of aromatic nitrogens is 1. The van der Waals surface area contributed by atoms with Crippen LogP contribution in [0.2, 0.25) is 0 Å². The van der Waals surface area contributed by atoms with Gasteiger partial charge in [0, 0.05) is 17.0 Å². The van der Waals surface area contributed by atoms with Crippen molar-refractivity contribution >= 4 is 26.8 Å². The number of hydrogen-bond donors (Lipinski definition) is 3. The summed E-state index contributed by atoms with van der Waals surface area (Å²) in [5.41, 5.74) is 6.54. The average molecular weight is 373 g/mol. The normalized spacial score (nSPS) is 29.9. The second kappa shape index (κ2) is 6.25. The summed E-state index contributed by atoms with van der Waals surface area (Å²) >= 11 is 0. The number of carbonyl (C=O) groups excluding carboxylic acids is 1. The van der Waals surface area contributed by atoms with Gasteiger partial charge in [0.05, 0.1) is 5.52 Å². The molecule has 2 bridgehead atoms. The zero-order chi connectivity index (χ0) is 18.4. The van der Waals surface area contributed by atoms with Gasteiger partial charge in [-0.1, -0.05) is 30.7 Å². The summed E-state index contributed by atoms with van der Waals surface area (Å²) in [5.74, 6) is -0.735. The molecule has 0 saturated heterocycles. The van der Waals surface area contributed by atoms with Crippen LogP contribution in [-0.4, -0.2) is 24.8 Å². The van der Waals surface area contributed by atoms with Gasteiger partial charge in [-0.15, -0.1) is 0 Å². The predicted octanol–water partition coefficient (Wildman–Crippen LogP) is 2.36. The first-order valence-electron chi connectivity index (χ1n) is 9.03. The van der Waals surface area contributed by atoms with E-state index < -0.39 is 21.5 Å². The van der Waals surface area contributed by atoms with Crippen LogP contribution in [0.3, 0.4) is 0 Å². The van der Waals surface area contributed by atoms with Gasteiger partial charge in [0.15, 0.2) is 0 Å². The Morgan fingerprint density at radius 2 is 2.04 bits per heavy atom. The summed E-state index contributed by atoms with van der Waals surface area (Å²) < 4.78 is 27.8. The lowest BCUT2D eigenvalue weighted by atomic mass is 10.1. The van der Waals surface area contributed by atoms with Crippen molar-refractivity contribution in [2.45, 2.75) is 49.0 Å². The Labute approximate surface area is 152 Å². The van der Waals surface area contributed by atoms with Crippen LogP contribution in [0.4, 0.5) is 0 Å². The molecule has 1 aliphatic heterocycles. The molecule has 26 heavy (non-hydrogen) atoms. The Balaban J connectivity index is 1.74. The lowest BCUT2D eigenvalue weighted by Crippen LogP contribution is -2.46. The Kier molecular flexibility index (Phi) is 4.16. The van der Waals surface area contributed by atoms with Gasteiger partial charge in [0.25, 0.3) is 15.9 Å². The minimum absolute atomic E-state index is 0.0815. The van der Waals surface area contributed by atoms with E-state index in [0.717, 1.165) is 43.2 Å². The van der Waals surface area contributed by atoms with Gasteiger partial charge in [-0.2, -0.15) is 0 Å². The van der Waals surface area contributed by atoms with Crippen LogP contribution in [0.1, 0.15) is 37.8 Å². The number of aryl methyl sites for hydroxylation is 1. The molecule has 1 saturated carbocycles. The molecule has 1 aromatic heterocycles. The maximum absolute atomic E-state index is 12.8. The summed E-state index contributed by atoms with van der Waals surface area (Å²) in [7, 11) is -4.00. The van der Waals surface area contributed by atoms with Crippen LogP contribution in [-0.2, 0) is 21.2 Å². The molecule has 138 valence electrons. The number of fused-ring (bicyclic) bond motifs is 2. The van der Waals surface area contributed by atoms with Crippen molar-refractivity contribution in [3.63, 3.8) is 0 Å². The van der Waals surface area contributed by atoms with Crippen LogP contribution >= 0.6 is 0 Å². The van der Waals surface area contributed by atoms with E-state index in [-0.39, 0.29) is 10.8 Å². The third-order valence-corrected chi connectivity index (χ3v) is 6.73. The minimum Gasteiger partial charge on any atom is -0.357 e. The average Bonchev–Trinajstić information content (AvgIpc) is 3.08. The molecular weight excluding hydrogens is 350 g/mol. The molecule has 0 unspecified atom stereocenters. The molecule has 6 nitrogen and oxygen atoms in total. The fraction of sp³-hybridized carbons (Fsp3) is 0.421. The first kappa shape index (κ1) is 17.3. The number of H-pyrrole nitrogens is 1. The van der Waals surface area contributed by atoms with E-state index in [4.69, 9.17) is 5.73 Å². The smallest absolute Gasteiger partial charge is 0.266 e. The van der Waals surface area contributed by atoms with Gasteiger partial charge < -0.3 is 10.7 Å². The third-order valence-electron chi connectivity index (χ3n) is 5.36. The minimum atomic E-state index is -4.00. The van der Waals surface area contributed by atoms with Crippen LogP contribution in [0.15, 0.2) is 41.3 Å². The predicted molar refractivity (Wildman–Crippen MR) is 100.0 cm³/mol. The molecule has 2 aliphatic rings. The molecule has 2 heterocycles. The monoisotopic (exact) mass is 373 g/mol. The van der Waals surface area contributed by atoms with Crippen molar-refractivity contribution in [2.24, 2.45) is 11.7 Å². The number of nitrogens with two attached hydrogens (primary N) is 1. The molecule has 2 atom stereocenters. The van der Waals surface area contributed by atoms with Crippen LogP contribution < -0.4 is 10.5 Å². The SMILES string of the molecule is N[C@]12C[C@@H]1/C=C\CCCCCc1cc3cccc(c3[nH]1)S(=O)(=O)NC2=O. The Hall–Kier alpha value is -2.12. The molecule has 0 spiro atoms. The van der Waals surface area contributed by atoms with E-state index in [9.17, 15) is 13.2 Å². The quantitative estimate of drug-likeness (QED) is 0.617. The van der Waals surface area contributed by atoms with E-state index in [1.54, 1.807) is 6.07 Å². The van der Waals surface area contributed by atoms with E-state index >= 15 is 0 Å². The summed E-state index contributed by atoms with van der Waals surface area (Å²) in [4.78, 5) is 15.8. The van der Waals surface area contributed by atoms with Crippen molar-refractivity contribution in [1.29, 1.82) is 0 Å². The first-order chi connectivity index (χ1) is 12.4. The zero-order valence-electron chi connectivity index (χ0n) is 14.5. The first-order valence-corrected chi connectivity index (χ1v) is 10.5. The molecule has 2 aromatic rings. The summed E-state index contributed by atoms with van der Waals surface area (Å²) in [6, 6.07) is 7.05. The number of allylic oxidation sites excluding steroid dienone is 1. The number of nitrogens with one attached hydrogen (secondary N) is 2. The number of amides is 1. The number of sulfonamides is 1. The van der Waals surface area contributed by atoms with E-state index in [1.807, 2.05) is 18.2 Å². The van der Waals surface area contributed by atoms with Gasteiger partial charge in [-0.3, -0.25) is 4.79 Å². The summed E-state index contributed by atoms with van der Waals surface area (Å²) in [6.45, 7) is 0. The molecule has 0 radical (unpaired) electrons. The highest BCUT2D eigenvalue weighted by Crippen LogP contribution is 2.42. The van der Waals surface area contributed by atoms with Crippen molar-refractivity contribution < 1.29 is 13.2 Å². The molecule has 1 fully saturated rings. The third kappa shape index (κ3) is 3.05. The fourth-order valence-electron chi connectivity index (χ4n) is 3.64. The molecule has 1 aromatic carbocycles. The maximum Gasteiger partial charge on any atom is 0.266 e. The van der Waals surface area contributed by atoms with Gasteiger partial charge >= 0.3 is 0 Å². The van der Waals surface area contributed by atoms with Crippen LogP contribution in [0.5, 0.6) is 0 Å². The van der Waals surface area contributed by atoms with Crippen LogP contribution in [0.25, 0.3) is 10.9 Å². The largest absolute Gasteiger partial charge is 0.357 e. The Bertz CT molecular complexity index is 993. The van der Waals surface area contributed by atoms with Crippen LogP contribution in [0, 0.1) is 5.92 Å². The van der Waals surface area contributed by atoms with Gasteiger partial charge in [0.1, 0.15) is 10.4 Å². The topological polar surface area (TPSA) is 105 Å². The molecular formula is C19H23N3O3S. The zero-order valence-corrected chi connectivity index (χ0v) is 15.3. The van der Waals surface area contributed by atoms with Gasteiger partial charge in [-0.25, -0.2) is 13.1 Å². The highest BCUT2D eigenvalue weighted by atomic mass is 32.2. The molecule has 7 heteroatoms. The lowest BCUT2D eigenvalue weighted by Gasteiger charge is -2.12. The number of benzene rings is 1. The molecule has 1 amide bonds. The summed E-state index contributed by atoms with van der Waals surface area (Å²) in [6.07, 6.45) is 9.54. The highest BCUT2D eigenvalue weighted by Gasteiger charge is 2.56. The number of rotatable bonds is 0. The fourth-order valence-corrected chi connectivity index (χ4v) is 4.88. The molecule has 1 aliphatic carbocycles. The van der Waals surface area contributed by atoms with Gasteiger partial charge in [-0.05, 0) is 44.2 Å². The van der Waals surface area contributed by atoms with Crippen molar-refractivity contribution in [2.75, 3.05) is 0 Å². The number of aromatic amines is 1. The number of para-hydroxylation sites is 1. The Morgan fingerprint density at radius 1 is 1.19 bits per heavy atom. The standard InChI is InChI=1S/C19H23N3O3S/c20-19-12-14(19)8-4-2-1-3-5-9-15-11-13-7-6-10-16(17(13)21-15)26(24,25)22-18(19)23/h4,6-8,10-11,14,21H,1-3,5,9,12,20H2,(H,22,23)/b8-4-/t14-,19+/m0/s1. The van der Waals surface area contributed by atoms with Crippen molar-refractivity contribution in [3.05, 3.63) is 42.1 Å². The van der Waals surface area contributed by atoms with Crippen molar-refractivity contribution in [1.82, 2.24) is 9.71 Å². The lowest BCUT2D eigenvalue weighted by molar-refractivity contribution is -0.121.